The van der Waals surface area contributed by atoms with Crippen LogP contribution in [0.3, 0.4) is 0 Å². The van der Waals surface area contributed by atoms with Gasteiger partial charge in [-0.1, -0.05) is 24.6 Å². The summed E-state index contributed by atoms with van der Waals surface area (Å²) in [6.07, 6.45) is 11.7. The number of aryl methyl sites for hydroxylation is 1. The monoisotopic (exact) mass is 296 g/mol. The van der Waals surface area contributed by atoms with Crippen LogP contribution in [0.15, 0.2) is 29.8 Å². The number of allylic oxidation sites excluding steroid dienone is 2. The Morgan fingerprint density at radius 2 is 2.09 bits per heavy atom. The van der Waals surface area contributed by atoms with E-state index in [0.717, 1.165) is 24.2 Å². The summed E-state index contributed by atoms with van der Waals surface area (Å²) in [5, 5.41) is 9.77. The molecule has 0 saturated heterocycles. The zero-order chi connectivity index (χ0) is 15.3. The topological polar surface area (TPSA) is 20.2 Å². The Labute approximate surface area is 134 Å². The highest BCUT2D eigenvalue weighted by atomic mass is 16.3. The number of phenolic OH excluding ortho intramolecular Hbond substituents is 1. The molecule has 0 amide bonds. The SMILES string of the molecule is C/C=C1/CCC2C3CCc4cc(O)ccc4C3CC[C@]12CC. The van der Waals surface area contributed by atoms with E-state index in [1.165, 1.54) is 44.1 Å². The quantitative estimate of drug-likeness (QED) is 0.670. The number of aromatic hydroxyl groups is 1. The summed E-state index contributed by atoms with van der Waals surface area (Å²) >= 11 is 0. The van der Waals surface area contributed by atoms with E-state index in [4.69, 9.17) is 0 Å². The van der Waals surface area contributed by atoms with E-state index in [1.807, 2.05) is 12.1 Å². The third kappa shape index (κ3) is 1.84. The summed E-state index contributed by atoms with van der Waals surface area (Å²) < 4.78 is 0. The van der Waals surface area contributed by atoms with Crippen LogP contribution in [0.4, 0.5) is 0 Å². The van der Waals surface area contributed by atoms with Crippen LogP contribution < -0.4 is 0 Å². The highest BCUT2D eigenvalue weighted by molar-refractivity contribution is 5.41. The molecule has 2 saturated carbocycles. The second-order valence-electron chi connectivity index (χ2n) is 7.70. The Morgan fingerprint density at radius 3 is 2.86 bits per heavy atom. The van der Waals surface area contributed by atoms with Crippen molar-refractivity contribution in [2.45, 2.75) is 64.7 Å². The van der Waals surface area contributed by atoms with Crippen molar-refractivity contribution in [1.82, 2.24) is 0 Å². The van der Waals surface area contributed by atoms with Crippen molar-refractivity contribution < 1.29 is 5.11 Å². The summed E-state index contributed by atoms with van der Waals surface area (Å²) in [5.41, 5.74) is 5.24. The molecule has 1 heteroatoms. The molecule has 0 aromatic heterocycles. The fourth-order valence-electron chi connectivity index (χ4n) is 6.33. The summed E-state index contributed by atoms with van der Waals surface area (Å²) in [4.78, 5) is 0. The molecule has 1 aromatic rings. The number of hydrogen-bond acceptors (Lipinski definition) is 1. The number of rotatable bonds is 1. The third-order valence-electron chi connectivity index (χ3n) is 7.26. The van der Waals surface area contributed by atoms with Gasteiger partial charge in [-0.3, -0.25) is 0 Å². The minimum atomic E-state index is 0.438. The molecular weight excluding hydrogens is 268 g/mol. The molecule has 0 radical (unpaired) electrons. The maximum absolute atomic E-state index is 9.77. The van der Waals surface area contributed by atoms with Gasteiger partial charge in [0.1, 0.15) is 5.75 Å². The molecule has 1 aromatic carbocycles. The number of phenols is 1. The minimum absolute atomic E-state index is 0.438. The van der Waals surface area contributed by atoms with Crippen molar-refractivity contribution >= 4 is 0 Å². The molecule has 0 spiro atoms. The molecule has 0 heterocycles. The summed E-state index contributed by atoms with van der Waals surface area (Å²) in [5.74, 6) is 2.94. The summed E-state index contributed by atoms with van der Waals surface area (Å²) in [7, 11) is 0. The van der Waals surface area contributed by atoms with Crippen LogP contribution in [0.25, 0.3) is 0 Å². The van der Waals surface area contributed by atoms with E-state index in [-0.39, 0.29) is 0 Å². The van der Waals surface area contributed by atoms with Gasteiger partial charge in [0.25, 0.3) is 0 Å². The van der Waals surface area contributed by atoms with Crippen molar-refractivity contribution in [1.29, 1.82) is 0 Å². The van der Waals surface area contributed by atoms with Gasteiger partial charge < -0.3 is 5.11 Å². The average Bonchev–Trinajstić information content (AvgIpc) is 2.93. The van der Waals surface area contributed by atoms with Gasteiger partial charge in [0.2, 0.25) is 0 Å². The van der Waals surface area contributed by atoms with Crippen LogP contribution >= 0.6 is 0 Å². The van der Waals surface area contributed by atoms with Gasteiger partial charge >= 0.3 is 0 Å². The van der Waals surface area contributed by atoms with Gasteiger partial charge in [-0.25, -0.2) is 0 Å². The normalized spacial score (nSPS) is 38.5. The van der Waals surface area contributed by atoms with Gasteiger partial charge in [0, 0.05) is 0 Å². The van der Waals surface area contributed by atoms with Gasteiger partial charge in [-0.2, -0.15) is 0 Å². The van der Waals surface area contributed by atoms with E-state index >= 15 is 0 Å². The van der Waals surface area contributed by atoms with Crippen LogP contribution in [-0.4, -0.2) is 5.11 Å². The van der Waals surface area contributed by atoms with E-state index in [1.54, 1.807) is 11.1 Å². The smallest absolute Gasteiger partial charge is 0.115 e. The standard InChI is InChI=1S/C21H28O/c1-3-15-6-10-20-19-8-5-14-13-16(22)7-9-17(14)18(19)11-12-21(15,20)4-2/h3,7,9,13,18-20,22H,4-6,8,10-12H2,1-2H3/b15-3-/t18?,19?,20?,21-/m1/s1. The van der Waals surface area contributed by atoms with Gasteiger partial charge in [-0.05, 0) is 98.3 Å². The number of fused-ring (bicyclic) bond motifs is 5. The van der Waals surface area contributed by atoms with Crippen molar-refractivity contribution in [2.75, 3.05) is 0 Å². The first-order chi connectivity index (χ1) is 10.7. The highest BCUT2D eigenvalue weighted by Gasteiger charge is 2.53. The van der Waals surface area contributed by atoms with Crippen molar-refractivity contribution in [2.24, 2.45) is 17.3 Å². The van der Waals surface area contributed by atoms with Crippen LogP contribution in [0.2, 0.25) is 0 Å². The molecule has 0 aliphatic heterocycles. The minimum Gasteiger partial charge on any atom is -0.508 e. The molecular formula is C21H28O. The van der Waals surface area contributed by atoms with Crippen molar-refractivity contribution in [3.63, 3.8) is 0 Å². The van der Waals surface area contributed by atoms with Gasteiger partial charge in [0.05, 0.1) is 0 Å². The van der Waals surface area contributed by atoms with E-state index in [0.29, 0.717) is 11.2 Å². The van der Waals surface area contributed by atoms with E-state index in [9.17, 15) is 5.11 Å². The molecule has 1 nitrogen and oxygen atoms in total. The van der Waals surface area contributed by atoms with Gasteiger partial charge in [-0.15, -0.1) is 0 Å². The van der Waals surface area contributed by atoms with E-state index < -0.39 is 0 Å². The van der Waals surface area contributed by atoms with Gasteiger partial charge in [0.15, 0.2) is 0 Å². The van der Waals surface area contributed by atoms with Crippen molar-refractivity contribution in [3.05, 3.63) is 41.0 Å². The Hall–Kier alpha value is -1.24. The molecule has 22 heavy (non-hydrogen) atoms. The van der Waals surface area contributed by atoms with Crippen LogP contribution in [0, 0.1) is 17.3 Å². The van der Waals surface area contributed by atoms with Crippen LogP contribution in [0.5, 0.6) is 5.75 Å². The summed E-state index contributed by atoms with van der Waals surface area (Å²) in [6.45, 7) is 4.66. The first-order valence-corrected chi connectivity index (χ1v) is 9.17. The average molecular weight is 296 g/mol. The summed E-state index contributed by atoms with van der Waals surface area (Å²) in [6, 6.07) is 6.13. The third-order valence-corrected chi connectivity index (χ3v) is 7.26. The lowest BCUT2D eigenvalue weighted by Gasteiger charge is -2.51. The lowest BCUT2D eigenvalue weighted by atomic mass is 9.53. The molecule has 1 N–H and O–H groups in total. The first kappa shape index (κ1) is 14.4. The molecule has 2 fully saturated rings. The fraction of sp³-hybridized carbons (Fsp3) is 0.619. The maximum atomic E-state index is 9.77. The predicted molar refractivity (Wildman–Crippen MR) is 91.1 cm³/mol. The number of hydrogen-bond donors (Lipinski definition) is 1. The largest absolute Gasteiger partial charge is 0.508 e. The van der Waals surface area contributed by atoms with Crippen LogP contribution in [-0.2, 0) is 6.42 Å². The predicted octanol–water partition coefficient (Wildman–Crippen LogP) is 5.58. The lowest BCUT2D eigenvalue weighted by Crippen LogP contribution is -2.41. The molecule has 3 aliphatic rings. The molecule has 4 rings (SSSR count). The Kier molecular flexibility index (Phi) is 3.36. The molecule has 4 atom stereocenters. The zero-order valence-corrected chi connectivity index (χ0v) is 13.9. The first-order valence-electron chi connectivity index (χ1n) is 9.17. The second-order valence-corrected chi connectivity index (χ2v) is 7.70. The van der Waals surface area contributed by atoms with Crippen LogP contribution in [0.1, 0.15) is 69.4 Å². The second kappa shape index (κ2) is 5.15. The van der Waals surface area contributed by atoms with E-state index in [2.05, 4.69) is 26.0 Å². The Balaban J connectivity index is 1.72. The molecule has 0 bridgehead atoms. The maximum Gasteiger partial charge on any atom is 0.115 e. The molecule has 3 unspecified atom stereocenters. The highest BCUT2D eigenvalue weighted by Crippen LogP contribution is 2.64. The lowest BCUT2D eigenvalue weighted by molar-refractivity contribution is 0.0640. The Morgan fingerprint density at radius 1 is 1.23 bits per heavy atom. The molecule has 118 valence electrons. The molecule has 3 aliphatic carbocycles. The zero-order valence-electron chi connectivity index (χ0n) is 13.9. The van der Waals surface area contributed by atoms with Crippen molar-refractivity contribution in [3.8, 4) is 5.75 Å². The Bertz CT molecular complexity index is 614. The number of benzene rings is 1. The fourth-order valence-corrected chi connectivity index (χ4v) is 6.33.